The van der Waals surface area contributed by atoms with Crippen LogP contribution in [0.4, 0.5) is 0 Å². The smallest absolute Gasteiger partial charge is 0.225 e. The summed E-state index contributed by atoms with van der Waals surface area (Å²) in [4.78, 5) is 25.7. The third-order valence-electron chi connectivity index (χ3n) is 3.51. The second kappa shape index (κ2) is 10.8. The molecule has 22 heavy (non-hydrogen) atoms. The van der Waals surface area contributed by atoms with Crippen LogP contribution in [0.2, 0.25) is 0 Å². The van der Waals surface area contributed by atoms with Crippen LogP contribution >= 0.6 is 12.4 Å². The highest BCUT2D eigenvalue weighted by molar-refractivity contribution is 5.85. The van der Waals surface area contributed by atoms with E-state index in [1.807, 2.05) is 20.8 Å². The predicted molar refractivity (Wildman–Crippen MR) is 91.3 cm³/mol. The summed E-state index contributed by atoms with van der Waals surface area (Å²) in [6.07, 6.45) is 1.15. The van der Waals surface area contributed by atoms with Gasteiger partial charge < -0.3 is 16.0 Å². The molecule has 0 radical (unpaired) electrons. The lowest BCUT2D eigenvalue weighted by atomic mass is 9.96. The Morgan fingerprint density at radius 1 is 1.09 bits per heavy atom. The van der Waals surface area contributed by atoms with Gasteiger partial charge >= 0.3 is 0 Å². The second-order valence-electron chi connectivity index (χ2n) is 6.55. The number of nitrogens with one attached hydrogen (secondary N) is 3. The first kappa shape index (κ1) is 21.1. The van der Waals surface area contributed by atoms with E-state index in [1.165, 1.54) is 0 Å². The first-order valence-corrected chi connectivity index (χ1v) is 7.87. The molecular weight excluding hydrogens is 304 g/mol. The molecule has 0 unspecified atom stereocenters. The average Bonchev–Trinajstić information content (AvgIpc) is 2.43. The molecule has 7 heteroatoms. The number of hydrogen-bond donors (Lipinski definition) is 3. The molecule has 2 amide bonds. The summed E-state index contributed by atoms with van der Waals surface area (Å²) in [5.41, 5.74) is -0.369. The Morgan fingerprint density at radius 3 is 2.32 bits per heavy atom. The number of piperazine rings is 1. The number of amides is 2. The Kier molecular flexibility index (Phi) is 10.4. The molecule has 3 N–H and O–H groups in total. The fourth-order valence-electron chi connectivity index (χ4n) is 2.09. The molecule has 130 valence electrons. The van der Waals surface area contributed by atoms with Crippen LogP contribution in [0.5, 0.6) is 0 Å². The molecule has 0 aromatic heterocycles. The quantitative estimate of drug-likeness (QED) is 0.588. The molecule has 0 saturated carbocycles. The highest BCUT2D eigenvalue weighted by Crippen LogP contribution is 2.12. The molecule has 0 aromatic carbocycles. The van der Waals surface area contributed by atoms with Crippen LogP contribution < -0.4 is 16.0 Å². The monoisotopic (exact) mass is 334 g/mol. The van der Waals surface area contributed by atoms with E-state index in [-0.39, 0.29) is 29.6 Å². The Balaban J connectivity index is 0.00000441. The fraction of sp³-hybridized carbons (Fsp3) is 0.867. The van der Waals surface area contributed by atoms with Gasteiger partial charge in [0.05, 0.1) is 0 Å². The maximum Gasteiger partial charge on any atom is 0.225 e. The lowest BCUT2D eigenvalue weighted by Gasteiger charge is -2.27. The number of carbonyl (C=O) groups is 2. The van der Waals surface area contributed by atoms with Gasteiger partial charge in [-0.1, -0.05) is 20.8 Å². The topological polar surface area (TPSA) is 73.5 Å². The van der Waals surface area contributed by atoms with Gasteiger partial charge in [-0.3, -0.25) is 14.5 Å². The molecule has 0 spiro atoms. The molecule has 0 aromatic rings. The minimum Gasteiger partial charge on any atom is -0.356 e. The Bertz CT molecular complexity index is 339. The summed E-state index contributed by atoms with van der Waals surface area (Å²) in [5, 5.41) is 9.09. The molecule has 0 bridgehead atoms. The standard InChI is InChI=1S/C15H30N4O2.ClH/c1-15(2,3)14(21)18-6-4-5-13(20)17-9-12-19-10-7-16-8-11-19;/h16H,4-12H2,1-3H3,(H,17,20)(H,18,21);1H. The first-order valence-electron chi connectivity index (χ1n) is 7.87. The van der Waals surface area contributed by atoms with Gasteiger partial charge in [0.2, 0.25) is 11.8 Å². The summed E-state index contributed by atoms with van der Waals surface area (Å²) in [6, 6.07) is 0. The van der Waals surface area contributed by atoms with Crippen molar-refractivity contribution in [1.82, 2.24) is 20.9 Å². The van der Waals surface area contributed by atoms with E-state index in [0.717, 1.165) is 32.7 Å². The third-order valence-corrected chi connectivity index (χ3v) is 3.51. The van der Waals surface area contributed by atoms with E-state index in [4.69, 9.17) is 0 Å². The van der Waals surface area contributed by atoms with Gasteiger partial charge in [-0.25, -0.2) is 0 Å². The SMILES string of the molecule is CC(C)(C)C(=O)NCCCC(=O)NCCN1CCNCC1.Cl. The van der Waals surface area contributed by atoms with Gasteiger partial charge in [-0.2, -0.15) is 0 Å². The molecule has 1 aliphatic heterocycles. The minimum atomic E-state index is -0.369. The van der Waals surface area contributed by atoms with E-state index in [9.17, 15) is 9.59 Å². The molecule has 0 atom stereocenters. The number of hydrogen-bond acceptors (Lipinski definition) is 4. The van der Waals surface area contributed by atoms with Crippen molar-refractivity contribution in [3.63, 3.8) is 0 Å². The maximum atomic E-state index is 11.7. The van der Waals surface area contributed by atoms with Gasteiger partial charge in [-0.05, 0) is 6.42 Å². The highest BCUT2D eigenvalue weighted by Gasteiger charge is 2.20. The maximum absolute atomic E-state index is 11.7. The summed E-state index contributed by atoms with van der Waals surface area (Å²) in [5.74, 6) is 0.0942. The summed E-state index contributed by atoms with van der Waals surface area (Å²) in [7, 11) is 0. The highest BCUT2D eigenvalue weighted by atomic mass is 35.5. The molecule has 6 nitrogen and oxygen atoms in total. The lowest BCUT2D eigenvalue weighted by Crippen LogP contribution is -2.46. The number of rotatable bonds is 7. The summed E-state index contributed by atoms with van der Waals surface area (Å²) >= 11 is 0. The van der Waals surface area contributed by atoms with E-state index in [1.54, 1.807) is 0 Å². The predicted octanol–water partition coefficient (Wildman–Crippen LogP) is 0.372. The normalized spacial score (nSPS) is 15.8. The van der Waals surface area contributed by atoms with Gasteiger partial charge in [-0.15, -0.1) is 12.4 Å². The third kappa shape index (κ3) is 9.23. The largest absolute Gasteiger partial charge is 0.356 e. The second-order valence-corrected chi connectivity index (χ2v) is 6.55. The van der Waals surface area contributed by atoms with Crippen molar-refractivity contribution >= 4 is 24.2 Å². The molecule has 0 aliphatic carbocycles. The van der Waals surface area contributed by atoms with Crippen LogP contribution in [0.1, 0.15) is 33.6 Å². The zero-order valence-corrected chi connectivity index (χ0v) is 14.9. The van der Waals surface area contributed by atoms with E-state index in [2.05, 4.69) is 20.9 Å². The van der Waals surface area contributed by atoms with Crippen LogP contribution in [0.15, 0.2) is 0 Å². The zero-order chi connectivity index (χ0) is 15.7. The van der Waals surface area contributed by atoms with Crippen molar-refractivity contribution < 1.29 is 9.59 Å². The van der Waals surface area contributed by atoms with Crippen LogP contribution in [0.3, 0.4) is 0 Å². The zero-order valence-electron chi connectivity index (χ0n) is 14.0. The number of halogens is 1. The Labute approximate surface area is 140 Å². The molecule has 1 heterocycles. The lowest BCUT2D eigenvalue weighted by molar-refractivity contribution is -0.128. The first-order chi connectivity index (χ1) is 9.89. The molecular formula is C15H31ClN4O2. The Hall–Kier alpha value is -0.850. The molecule has 1 rings (SSSR count). The van der Waals surface area contributed by atoms with Crippen molar-refractivity contribution in [1.29, 1.82) is 0 Å². The minimum absolute atomic E-state index is 0. The van der Waals surface area contributed by atoms with E-state index < -0.39 is 0 Å². The molecule has 1 fully saturated rings. The van der Waals surface area contributed by atoms with Gasteiger partial charge in [0.15, 0.2) is 0 Å². The van der Waals surface area contributed by atoms with Crippen LogP contribution in [-0.2, 0) is 9.59 Å². The number of nitrogens with zero attached hydrogens (tertiary/aromatic N) is 1. The van der Waals surface area contributed by atoms with Gasteiger partial charge in [0.1, 0.15) is 0 Å². The van der Waals surface area contributed by atoms with E-state index >= 15 is 0 Å². The number of carbonyl (C=O) groups excluding carboxylic acids is 2. The van der Waals surface area contributed by atoms with E-state index in [0.29, 0.717) is 25.9 Å². The Morgan fingerprint density at radius 2 is 1.73 bits per heavy atom. The van der Waals surface area contributed by atoms with Crippen molar-refractivity contribution in [2.45, 2.75) is 33.6 Å². The molecule has 1 saturated heterocycles. The van der Waals surface area contributed by atoms with Gasteiger partial charge in [0.25, 0.3) is 0 Å². The van der Waals surface area contributed by atoms with Gasteiger partial charge in [0, 0.05) is 57.6 Å². The van der Waals surface area contributed by atoms with Crippen molar-refractivity contribution in [2.75, 3.05) is 45.8 Å². The van der Waals surface area contributed by atoms with Crippen molar-refractivity contribution in [2.24, 2.45) is 5.41 Å². The average molecular weight is 335 g/mol. The van der Waals surface area contributed by atoms with Crippen LogP contribution in [0.25, 0.3) is 0 Å². The van der Waals surface area contributed by atoms with Crippen LogP contribution in [0, 0.1) is 5.41 Å². The summed E-state index contributed by atoms with van der Waals surface area (Å²) in [6.45, 7) is 12.0. The van der Waals surface area contributed by atoms with Crippen LogP contribution in [-0.4, -0.2) is 62.5 Å². The molecule has 1 aliphatic rings. The fourth-order valence-corrected chi connectivity index (χ4v) is 2.09. The van der Waals surface area contributed by atoms with Crippen molar-refractivity contribution in [3.05, 3.63) is 0 Å². The van der Waals surface area contributed by atoms with Crippen molar-refractivity contribution in [3.8, 4) is 0 Å². The summed E-state index contributed by atoms with van der Waals surface area (Å²) < 4.78 is 0.